The molecule has 1 aliphatic heterocycles. The lowest BCUT2D eigenvalue weighted by molar-refractivity contribution is 0.0168. The van der Waals surface area contributed by atoms with E-state index < -0.39 is 11.7 Å². The number of halogens is 1. The van der Waals surface area contributed by atoms with Crippen molar-refractivity contribution in [2.45, 2.75) is 78.6 Å². The van der Waals surface area contributed by atoms with Crippen molar-refractivity contribution < 1.29 is 19.0 Å². The van der Waals surface area contributed by atoms with Crippen molar-refractivity contribution in [1.29, 1.82) is 0 Å². The number of alkyl carbamates (subject to hydrolysis) is 1. The summed E-state index contributed by atoms with van der Waals surface area (Å²) in [5.41, 5.74) is -0.517. The molecule has 8 nitrogen and oxygen atoms in total. The van der Waals surface area contributed by atoms with E-state index in [9.17, 15) is 4.79 Å². The third-order valence-electron chi connectivity index (χ3n) is 4.38. The smallest absolute Gasteiger partial charge is 0.407 e. The number of hydrogen-bond acceptors (Lipinski definition) is 5. The van der Waals surface area contributed by atoms with Gasteiger partial charge in [0.15, 0.2) is 5.96 Å². The van der Waals surface area contributed by atoms with Crippen molar-refractivity contribution in [3.05, 3.63) is 0 Å². The van der Waals surface area contributed by atoms with Crippen molar-refractivity contribution in [3.8, 4) is 0 Å². The minimum atomic E-state index is -0.517. The lowest BCUT2D eigenvalue weighted by Gasteiger charge is -2.25. The van der Waals surface area contributed by atoms with Crippen LogP contribution in [0, 0.1) is 5.92 Å². The van der Waals surface area contributed by atoms with E-state index in [-0.39, 0.29) is 42.0 Å². The molecule has 0 aromatic rings. The summed E-state index contributed by atoms with van der Waals surface area (Å²) in [5.74, 6) is 0.976. The van der Waals surface area contributed by atoms with Crippen LogP contribution in [0.4, 0.5) is 4.79 Å². The maximum atomic E-state index is 12.1. The van der Waals surface area contributed by atoms with E-state index in [1.807, 2.05) is 27.7 Å². The lowest BCUT2D eigenvalue weighted by atomic mass is 10.1. The highest BCUT2D eigenvalue weighted by molar-refractivity contribution is 14.0. The molecule has 0 aliphatic carbocycles. The Morgan fingerprint density at radius 2 is 2.00 bits per heavy atom. The predicted octanol–water partition coefficient (Wildman–Crippen LogP) is 3.29. The number of ether oxygens (including phenoxy) is 3. The molecule has 0 spiro atoms. The average Bonchev–Trinajstić information content (AvgIpc) is 3.12. The molecule has 1 saturated heterocycles. The van der Waals surface area contributed by atoms with Crippen LogP contribution in [0.1, 0.15) is 60.8 Å². The molecular formula is C21H43IN4O4. The van der Waals surface area contributed by atoms with Gasteiger partial charge in [-0.25, -0.2) is 4.79 Å². The molecule has 178 valence electrons. The quantitative estimate of drug-likeness (QED) is 0.161. The number of rotatable bonds is 11. The molecule has 30 heavy (non-hydrogen) atoms. The molecule has 1 amide bonds. The van der Waals surface area contributed by atoms with Gasteiger partial charge in [-0.15, -0.1) is 24.0 Å². The molecule has 0 radical (unpaired) electrons. The normalized spacial score (nSPS) is 18.0. The van der Waals surface area contributed by atoms with Crippen molar-refractivity contribution in [2.75, 3.05) is 39.5 Å². The van der Waals surface area contributed by atoms with Crippen molar-refractivity contribution in [2.24, 2.45) is 10.9 Å². The van der Waals surface area contributed by atoms with E-state index in [1.54, 1.807) is 0 Å². The van der Waals surface area contributed by atoms with Gasteiger partial charge < -0.3 is 30.2 Å². The Balaban J connectivity index is 0.00000841. The van der Waals surface area contributed by atoms with Gasteiger partial charge in [0.2, 0.25) is 0 Å². The van der Waals surface area contributed by atoms with Crippen LogP contribution < -0.4 is 16.0 Å². The molecule has 3 N–H and O–H groups in total. The first-order valence-electron chi connectivity index (χ1n) is 10.9. The Morgan fingerprint density at radius 3 is 2.57 bits per heavy atom. The van der Waals surface area contributed by atoms with E-state index >= 15 is 0 Å². The third-order valence-corrected chi connectivity index (χ3v) is 4.38. The number of nitrogens with one attached hydrogen (secondary N) is 3. The second-order valence-electron chi connectivity index (χ2n) is 8.71. The van der Waals surface area contributed by atoms with Crippen LogP contribution in [0.2, 0.25) is 0 Å². The number of carbonyl (C=O) groups excluding carboxylic acids is 1. The van der Waals surface area contributed by atoms with Crippen molar-refractivity contribution >= 4 is 36.0 Å². The maximum absolute atomic E-state index is 12.1. The largest absolute Gasteiger partial charge is 0.444 e. The summed E-state index contributed by atoms with van der Waals surface area (Å²) < 4.78 is 16.6. The highest BCUT2D eigenvalue weighted by Gasteiger charge is 2.21. The molecule has 1 aliphatic rings. The summed E-state index contributed by atoms with van der Waals surface area (Å²) in [5, 5.41) is 9.48. The summed E-state index contributed by atoms with van der Waals surface area (Å²) in [6.07, 6.45) is 2.99. The van der Waals surface area contributed by atoms with Gasteiger partial charge in [0.05, 0.1) is 25.3 Å². The maximum Gasteiger partial charge on any atom is 0.407 e. The van der Waals surface area contributed by atoms with Crippen LogP contribution in [0.25, 0.3) is 0 Å². The van der Waals surface area contributed by atoms with Crippen LogP contribution >= 0.6 is 24.0 Å². The first-order chi connectivity index (χ1) is 13.7. The number of nitrogens with zero attached hydrogens (tertiary/aromatic N) is 1. The average molecular weight is 543 g/mol. The first kappa shape index (κ1) is 29.2. The molecule has 1 fully saturated rings. The van der Waals surface area contributed by atoms with Gasteiger partial charge in [0.25, 0.3) is 0 Å². The Bertz CT molecular complexity index is 492. The molecule has 0 aromatic heterocycles. The highest BCUT2D eigenvalue weighted by atomic mass is 127. The van der Waals surface area contributed by atoms with Crippen LogP contribution in [0.3, 0.4) is 0 Å². The fourth-order valence-corrected chi connectivity index (χ4v) is 2.79. The molecule has 1 heterocycles. The van der Waals surface area contributed by atoms with Gasteiger partial charge >= 0.3 is 6.09 Å². The van der Waals surface area contributed by atoms with Crippen LogP contribution in [0.15, 0.2) is 4.99 Å². The Morgan fingerprint density at radius 1 is 1.27 bits per heavy atom. The van der Waals surface area contributed by atoms with Crippen molar-refractivity contribution in [1.82, 2.24) is 16.0 Å². The molecule has 2 atom stereocenters. The molecule has 0 saturated carbocycles. The first-order valence-corrected chi connectivity index (χ1v) is 10.9. The predicted molar refractivity (Wildman–Crippen MR) is 132 cm³/mol. The van der Waals surface area contributed by atoms with Gasteiger partial charge in [-0.05, 0) is 52.9 Å². The van der Waals surface area contributed by atoms with Crippen LogP contribution in [0.5, 0.6) is 0 Å². The fraction of sp³-hybridized carbons (Fsp3) is 0.905. The standard InChI is InChI=1S/C21H42N4O4.HI/c1-7-22-19(23-11-9-12-27-15-17-10-8-13-28-17)24-14-18(16(2)3)25-20(26)29-21(4,5)6;/h16-18H,7-15H2,1-6H3,(H,25,26)(H2,22,23,24);1H. The topological polar surface area (TPSA) is 93.2 Å². The molecule has 9 heteroatoms. The summed E-state index contributed by atoms with van der Waals surface area (Å²) in [4.78, 5) is 16.7. The monoisotopic (exact) mass is 542 g/mol. The van der Waals surface area contributed by atoms with E-state index in [0.717, 1.165) is 44.9 Å². The van der Waals surface area contributed by atoms with Gasteiger partial charge in [-0.3, -0.25) is 4.99 Å². The Hall–Kier alpha value is -0.810. The van der Waals surface area contributed by atoms with Gasteiger partial charge in [-0.2, -0.15) is 0 Å². The molecular weight excluding hydrogens is 499 g/mol. The number of carbonyl (C=O) groups is 1. The number of guanidine groups is 1. The second-order valence-corrected chi connectivity index (χ2v) is 8.71. The molecule has 0 aromatic carbocycles. The molecule has 0 bridgehead atoms. The number of amides is 1. The summed E-state index contributed by atoms with van der Waals surface area (Å²) >= 11 is 0. The number of aliphatic imine (C=N–C) groups is 1. The SMILES string of the molecule is CCNC(=NCC(NC(=O)OC(C)(C)C)C(C)C)NCCCOCC1CCCO1.I. The van der Waals surface area contributed by atoms with Crippen LogP contribution in [-0.4, -0.2) is 69.3 Å². The zero-order chi connectivity index (χ0) is 21.7. The minimum absolute atomic E-state index is 0. The van der Waals surface area contributed by atoms with E-state index in [2.05, 4.69) is 34.8 Å². The van der Waals surface area contributed by atoms with E-state index in [1.165, 1.54) is 0 Å². The lowest BCUT2D eigenvalue weighted by Crippen LogP contribution is -2.45. The fourth-order valence-electron chi connectivity index (χ4n) is 2.79. The number of hydrogen-bond donors (Lipinski definition) is 3. The zero-order valence-electron chi connectivity index (χ0n) is 19.6. The van der Waals surface area contributed by atoms with Gasteiger partial charge in [0, 0.05) is 26.3 Å². The van der Waals surface area contributed by atoms with Crippen molar-refractivity contribution in [3.63, 3.8) is 0 Å². The Labute approximate surface area is 199 Å². The van der Waals surface area contributed by atoms with Gasteiger partial charge in [0.1, 0.15) is 5.60 Å². The van der Waals surface area contributed by atoms with E-state index in [0.29, 0.717) is 19.8 Å². The zero-order valence-corrected chi connectivity index (χ0v) is 21.9. The van der Waals surface area contributed by atoms with Crippen LogP contribution in [-0.2, 0) is 14.2 Å². The Kier molecular flexibility index (Phi) is 15.5. The minimum Gasteiger partial charge on any atom is -0.444 e. The summed E-state index contributed by atoms with van der Waals surface area (Å²) in [6.45, 7) is 16.0. The molecule has 1 rings (SSSR count). The van der Waals surface area contributed by atoms with E-state index in [4.69, 9.17) is 14.2 Å². The molecule has 2 unspecified atom stereocenters. The third kappa shape index (κ3) is 14.2. The summed E-state index contributed by atoms with van der Waals surface area (Å²) in [6, 6.07) is -0.102. The van der Waals surface area contributed by atoms with Gasteiger partial charge in [-0.1, -0.05) is 13.8 Å². The highest BCUT2D eigenvalue weighted by Crippen LogP contribution is 2.12. The summed E-state index contributed by atoms with van der Waals surface area (Å²) in [7, 11) is 0. The second kappa shape index (κ2) is 15.9.